The second-order valence-electron chi connectivity index (χ2n) is 8.62. The minimum Gasteiger partial charge on any atom is -0.464 e. The van der Waals surface area contributed by atoms with Crippen LogP contribution in [0.4, 0.5) is 4.79 Å². The maximum atomic E-state index is 12.9. The Morgan fingerprint density at radius 2 is 1.55 bits per heavy atom. The van der Waals surface area contributed by atoms with E-state index in [-0.39, 0.29) is 18.5 Å². The van der Waals surface area contributed by atoms with Crippen LogP contribution in [0.25, 0.3) is 11.1 Å². The number of rotatable bonds is 5. The number of ether oxygens (including phenoxy) is 2. The van der Waals surface area contributed by atoms with Gasteiger partial charge in [0.2, 0.25) is 0 Å². The van der Waals surface area contributed by atoms with Gasteiger partial charge in [-0.15, -0.1) is 0 Å². The first-order chi connectivity index (χ1) is 15.1. The van der Waals surface area contributed by atoms with Gasteiger partial charge in [-0.2, -0.15) is 11.8 Å². The van der Waals surface area contributed by atoms with E-state index in [1.54, 1.807) is 6.92 Å². The Bertz CT molecular complexity index is 949. The zero-order valence-corrected chi connectivity index (χ0v) is 18.5. The fraction of sp³-hybridized carbons (Fsp3) is 0.440. The molecule has 3 aliphatic rings. The zero-order chi connectivity index (χ0) is 21.4. The van der Waals surface area contributed by atoms with Crippen LogP contribution < -0.4 is 5.32 Å². The average Bonchev–Trinajstić information content (AvgIpc) is 3.29. The van der Waals surface area contributed by atoms with Crippen molar-refractivity contribution in [3.8, 4) is 11.1 Å². The average molecular weight is 438 g/mol. The number of alkyl carbamates (subject to hydrolysis) is 1. The van der Waals surface area contributed by atoms with Crippen molar-refractivity contribution in [3.63, 3.8) is 0 Å². The Kier molecular flexibility index (Phi) is 5.42. The first kappa shape index (κ1) is 20.4. The third-order valence-electron chi connectivity index (χ3n) is 6.70. The minimum atomic E-state index is -0.977. The predicted octanol–water partition coefficient (Wildman–Crippen LogP) is 4.89. The highest BCUT2D eigenvalue weighted by atomic mass is 32.2. The summed E-state index contributed by atoms with van der Waals surface area (Å²) in [5.74, 6) is -0.338. The Hall–Kier alpha value is -2.47. The SMILES string of the molecule is CCOC(=O)C1(NC(=O)OCC2c3ccccc3-c3ccccc32)CC2CCC(C1)S2. The number of thioether (sulfide) groups is 1. The number of amides is 1. The van der Waals surface area contributed by atoms with Crippen LogP contribution in [-0.2, 0) is 14.3 Å². The van der Waals surface area contributed by atoms with Crippen molar-refractivity contribution >= 4 is 23.8 Å². The fourth-order valence-corrected chi connectivity index (χ4v) is 7.21. The summed E-state index contributed by atoms with van der Waals surface area (Å²) in [6.07, 6.45) is 2.85. The number of hydrogen-bond acceptors (Lipinski definition) is 5. The molecule has 2 bridgehead atoms. The molecule has 1 aliphatic carbocycles. The molecule has 162 valence electrons. The van der Waals surface area contributed by atoms with Crippen LogP contribution >= 0.6 is 11.8 Å². The van der Waals surface area contributed by atoms with E-state index < -0.39 is 11.6 Å². The van der Waals surface area contributed by atoms with Crippen molar-refractivity contribution in [2.45, 2.75) is 54.6 Å². The van der Waals surface area contributed by atoms with Gasteiger partial charge in [0, 0.05) is 16.4 Å². The van der Waals surface area contributed by atoms with Crippen LogP contribution in [0.3, 0.4) is 0 Å². The van der Waals surface area contributed by atoms with Crippen molar-refractivity contribution in [1.29, 1.82) is 0 Å². The zero-order valence-electron chi connectivity index (χ0n) is 17.6. The molecule has 1 N–H and O–H groups in total. The summed E-state index contributed by atoms with van der Waals surface area (Å²) in [6, 6.07) is 16.5. The number of esters is 1. The summed E-state index contributed by atoms with van der Waals surface area (Å²) in [6.45, 7) is 2.33. The molecule has 2 aromatic carbocycles. The molecule has 2 unspecified atom stereocenters. The molecule has 0 saturated carbocycles. The van der Waals surface area contributed by atoms with Crippen molar-refractivity contribution in [3.05, 3.63) is 59.7 Å². The molecule has 5 nitrogen and oxygen atoms in total. The maximum Gasteiger partial charge on any atom is 0.408 e. The van der Waals surface area contributed by atoms with Crippen LogP contribution in [0.5, 0.6) is 0 Å². The van der Waals surface area contributed by atoms with E-state index in [4.69, 9.17) is 9.47 Å². The lowest BCUT2D eigenvalue weighted by Crippen LogP contribution is -2.59. The molecule has 2 aliphatic heterocycles. The topological polar surface area (TPSA) is 64.6 Å². The normalized spacial score (nSPS) is 26.1. The second kappa shape index (κ2) is 8.23. The van der Waals surface area contributed by atoms with Gasteiger partial charge in [0.25, 0.3) is 0 Å². The highest BCUT2D eigenvalue weighted by Gasteiger charge is 2.51. The number of benzene rings is 2. The second-order valence-corrected chi connectivity index (χ2v) is 10.2. The number of nitrogens with one attached hydrogen (secondary N) is 1. The first-order valence-electron chi connectivity index (χ1n) is 11.1. The molecule has 2 heterocycles. The molecule has 2 fully saturated rings. The Morgan fingerprint density at radius 1 is 0.968 bits per heavy atom. The van der Waals surface area contributed by atoms with E-state index in [1.807, 2.05) is 36.0 Å². The van der Waals surface area contributed by atoms with E-state index in [0.29, 0.717) is 29.9 Å². The summed E-state index contributed by atoms with van der Waals surface area (Å²) < 4.78 is 11.1. The first-order valence-corrected chi connectivity index (χ1v) is 12.0. The van der Waals surface area contributed by atoms with Gasteiger partial charge < -0.3 is 14.8 Å². The van der Waals surface area contributed by atoms with Crippen molar-refractivity contribution in [2.75, 3.05) is 13.2 Å². The summed E-state index contributed by atoms with van der Waals surface area (Å²) in [4.78, 5) is 25.8. The molecule has 0 aromatic heterocycles. The van der Waals surface area contributed by atoms with E-state index in [1.165, 1.54) is 22.3 Å². The van der Waals surface area contributed by atoms with Gasteiger partial charge in [-0.05, 0) is 54.9 Å². The number of carbonyl (C=O) groups is 2. The van der Waals surface area contributed by atoms with Crippen LogP contribution in [0.15, 0.2) is 48.5 Å². The van der Waals surface area contributed by atoms with Crippen LogP contribution in [-0.4, -0.2) is 41.3 Å². The Morgan fingerprint density at radius 3 is 2.13 bits per heavy atom. The number of carbonyl (C=O) groups excluding carboxylic acids is 2. The lowest BCUT2D eigenvalue weighted by Gasteiger charge is -2.38. The molecule has 2 atom stereocenters. The van der Waals surface area contributed by atoms with E-state index in [0.717, 1.165) is 12.8 Å². The Balaban J connectivity index is 1.32. The van der Waals surface area contributed by atoms with Crippen LogP contribution in [0, 0.1) is 0 Å². The highest BCUT2D eigenvalue weighted by molar-refractivity contribution is 8.00. The highest BCUT2D eigenvalue weighted by Crippen LogP contribution is 2.48. The molecule has 1 amide bonds. The Labute approximate surface area is 186 Å². The van der Waals surface area contributed by atoms with Crippen LogP contribution in [0.2, 0.25) is 0 Å². The maximum absolute atomic E-state index is 12.9. The van der Waals surface area contributed by atoms with Gasteiger partial charge in [0.05, 0.1) is 6.61 Å². The van der Waals surface area contributed by atoms with Gasteiger partial charge in [-0.1, -0.05) is 48.5 Å². The monoisotopic (exact) mass is 437 g/mol. The largest absolute Gasteiger partial charge is 0.464 e. The van der Waals surface area contributed by atoms with Gasteiger partial charge in [-0.3, -0.25) is 0 Å². The molecule has 0 spiro atoms. The van der Waals surface area contributed by atoms with Crippen molar-refractivity contribution < 1.29 is 19.1 Å². The van der Waals surface area contributed by atoms with Gasteiger partial charge in [0.15, 0.2) is 0 Å². The van der Waals surface area contributed by atoms with Crippen LogP contribution in [0.1, 0.15) is 49.7 Å². The summed E-state index contributed by atoms with van der Waals surface area (Å²) in [5, 5.41) is 3.71. The van der Waals surface area contributed by atoms with Gasteiger partial charge in [-0.25, -0.2) is 9.59 Å². The van der Waals surface area contributed by atoms with Crippen molar-refractivity contribution in [2.24, 2.45) is 0 Å². The molecule has 2 aromatic rings. The summed E-state index contributed by atoms with van der Waals surface area (Å²) >= 11 is 1.94. The standard InChI is InChI=1S/C25H27NO4S/c1-2-29-23(27)25(13-16-11-12-17(14-25)31-16)26-24(28)30-15-22-20-9-5-3-7-18(20)19-8-4-6-10-21(19)22/h3-10,16-17,22H,2,11-15H2,1H3,(H,26,28). The molecule has 6 heteroatoms. The summed E-state index contributed by atoms with van der Waals surface area (Å²) in [5.41, 5.74) is 3.75. The lowest BCUT2D eigenvalue weighted by molar-refractivity contribution is -0.151. The quantitative estimate of drug-likeness (QED) is 0.675. The lowest BCUT2D eigenvalue weighted by atomic mass is 9.89. The van der Waals surface area contributed by atoms with Gasteiger partial charge >= 0.3 is 12.1 Å². The molecular weight excluding hydrogens is 410 g/mol. The molecule has 2 saturated heterocycles. The van der Waals surface area contributed by atoms with E-state index in [9.17, 15) is 9.59 Å². The fourth-order valence-electron chi connectivity index (χ4n) is 5.36. The predicted molar refractivity (Wildman–Crippen MR) is 121 cm³/mol. The van der Waals surface area contributed by atoms with Crippen molar-refractivity contribution in [1.82, 2.24) is 5.32 Å². The molecule has 5 rings (SSSR count). The smallest absolute Gasteiger partial charge is 0.408 e. The number of fused-ring (bicyclic) bond motifs is 5. The molecule has 31 heavy (non-hydrogen) atoms. The molecule has 0 radical (unpaired) electrons. The third-order valence-corrected chi connectivity index (χ3v) is 8.27. The summed E-state index contributed by atoms with van der Waals surface area (Å²) in [7, 11) is 0. The minimum absolute atomic E-state index is 0.00483. The molecular formula is C25H27NO4S. The number of hydrogen-bond donors (Lipinski definition) is 1. The third kappa shape index (κ3) is 3.71. The van der Waals surface area contributed by atoms with E-state index in [2.05, 4.69) is 29.6 Å². The van der Waals surface area contributed by atoms with Gasteiger partial charge in [0.1, 0.15) is 12.1 Å². The van der Waals surface area contributed by atoms with E-state index >= 15 is 0 Å².